The zero-order valence-electron chi connectivity index (χ0n) is 8.05. The van der Waals surface area contributed by atoms with Crippen molar-refractivity contribution in [1.29, 1.82) is 0 Å². The highest BCUT2D eigenvalue weighted by Gasteiger charge is 2.12. The van der Waals surface area contributed by atoms with Crippen molar-refractivity contribution < 1.29 is 9.90 Å². The van der Waals surface area contributed by atoms with Gasteiger partial charge in [0, 0.05) is 16.0 Å². The molecule has 3 nitrogen and oxygen atoms in total. The van der Waals surface area contributed by atoms with E-state index in [1.54, 1.807) is 0 Å². The number of nitrogens with one attached hydrogen (secondary N) is 1. The van der Waals surface area contributed by atoms with Crippen molar-refractivity contribution in [3.8, 4) is 0 Å². The second-order valence-corrected chi connectivity index (χ2v) is 4.52. The van der Waals surface area contributed by atoms with Crippen LogP contribution in [0.5, 0.6) is 0 Å². The molecule has 2 aromatic heterocycles. The summed E-state index contributed by atoms with van der Waals surface area (Å²) in [4.78, 5) is 15.8. The van der Waals surface area contributed by atoms with E-state index in [4.69, 9.17) is 5.11 Å². The Morgan fingerprint density at radius 1 is 1.57 bits per heavy atom. The first-order chi connectivity index (χ1) is 6.58. The lowest BCUT2D eigenvalue weighted by Gasteiger charge is -1.93. The maximum Gasteiger partial charge on any atom is 0.308 e. The van der Waals surface area contributed by atoms with Crippen molar-refractivity contribution in [2.24, 2.45) is 0 Å². The van der Waals surface area contributed by atoms with Crippen LogP contribution in [0.2, 0.25) is 0 Å². The summed E-state index contributed by atoms with van der Waals surface area (Å²) in [6, 6.07) is 2.06. The van der Waals surface area contributed by atoms with Gasteiger partial charge in [0.25, 0.3) is 0 Å². The summed E-state index contributed by atoms with van der Waals surface area (Å²) in [5.41, 5.74) is 2.22. The van der Waals surface area contributed by atoms with E-state index in [0.29, 0.717) is 0 Å². The molecule has 0 amide bonds. The van der Waals surface area contributed by atoms with Gasteiger partial charge in [-0.15, -0.1) is 11.3 Å². The number of aromatic amines is 1. The Kier molecular flexibility index (Phi) is 2.07. The van der Waals surface area contributed by atoms with Gasteiger partial charge in [0.1, 0.15) is 4.83 Å². The SMILES string of the molecule is Cc1cc2c(C)c(CC(=O)O)sc2[nH]1. The minimum Gasteiger partial charge on any atom is -0.481 e. The van der Waals surface area contributed by atoms with Crippen molar-refractivity contribution in [3.05, 3.63) is 22.2 Å². The van der Waals surface area contributed by atoms with Crippen molar-refractivity contribution in [2.45, 2.75) is 20.3 Å². The second-order valence-electron chi connectivity index (χ2n) is 3.42. The first-order valence-corrected chi connectivity index (χ1v) is 5.19. The number of aryl methyl sites for hydroxylation is 2. The Morgan fingerprint density at radius 2 is 2.29 bits per heavy atom. The summed E-state index contributed by atoms with van der Waals surface area (Å²) in [5.74, 6) is -0.770. The van der Waals surface area contributed by atoms with Crippen LogP contribution in [0.25, 0.3) is 10.2 Å². The van der Waals surface area contributed by atoms with Crippen LogP contribution in [0.4, 0.5) is 0 Å². The van der Waals surface area contributed by atoms with E-state index in [-0.39, 0.29) is 6.42 Å². The lowest BCUT2D eigenvalue weighted by molar-refractivity contribution is -0.136. The number of H-pyrrole nitrogens is 1. The summed E-state index contributed by atoms with van der Waals surface area (Å²) in [7, 11) is 0. The topological polar surface area (TPSA) is 53.1 Å². The van der Waals surface area contributed by atoms with E-state index in [2.05, 4.69) is 11.1 Å². The Bertz CT molecular complexity index is 495. The van der Waals surface area contributed by atoms with Crippen LogP contribution in [0, 0.1) is 13.8 Å². The molecule has 0 aliphatic heterocycles. The van der Waals surface area contributed by atoms with Gasteiger partial charge in [-0.1, -0.05) is 0 Å². The Morgan fingerprint density at radius 3 is 2.86 bits per heavy atom. The Labute approximate surface area is 85.4 Å². The summed E-state index contributed by atoms with van der Waals surface area (Å²) >= 11 is 1.54. The average Bonchev–Trinajstić information content (AvgIpc) is 2.53. The minimum atomic E-state index is -0.770. The Hall–Kier alpha value is -1.29. The second kappa shape index (κ2) is 3.13. The Balaban J connectivity index is 2.52. The third-order valence-electron chi connectivity index (χ3n) is 2.28. The van der Waals surface area contributed by atoms with Gasteiger partial charge in [-0.3, -0.25) is 4.79 Å². The smallest absolute Gasteiger partial charge is 0.308 e. The summed E-state index contributed by atoms with van der Waals surface area (Å²) in [6.45, 7) is 3.98. The molecule has 0 spiro atoms. The van der Waals surface area contributed by atoms with E-state index >= 15 is 0 Å². The van der Waals surface area contributed by atoms with Crippen LogP contribution in [-0.2, 0) is 11.2 Å². The fraction of sp³-hybridized carbons (Fsp3) is 0.300. The first-order valence-electron chi connectivity index (χ1n) is 4.37. The summed E-state index contributed by atoms with van der Waals surface area (Å²) in [6.07, 6.45) is 0.123. The molecular formula is C10H11NO2S. The zero-order chi connectivity index (χ0) is 10.3. The number of carboxylic acids is 1. The van der Waals surface area contributed by atoms with E-state index in [1.165, 1.54) is 11.3 Å². The van der Waals surface area contributed by atoms with Gasteiger partial charge in [-0.2, -0.15) is 0 Å². The molecule has 0 aliphatic carbocycles. The highest BCUT2D eigenvalue weighted by atomic mass is 32.1. The molecule has 2 aromatic rings. The molecular weight excluding hydrogens is 198 g/mol. The average molecular weight is 209 g/mol. The molecule has 0 atom stereocenters. The van der Waals surface area contributed by atoms with E-state index < -0.39 is 5.97 Å². The molecule has 0 saturated heterocycles. The lowest BCUT2D eigenvalue weighted by atomic mass is 10.2. The molecule has 0 saturated carbocycles. The molecule has 74 valence electrons. The molecule has 0 unspecified atom stereocenters. The quantitative estimate of drug-likeness (QED) is 0.798. The van der Waals surface area contributed by atoms with Crippen LogP contribution in [-0.4, -0.2) is 16.1 Å². The number of carbonyl (C=O) groups is 1. The number of hydrogen-bond acceptors (Lipinski definition) is 2. The van der Waals surface area contributed by atoms with Crippen molar-refractivity contribution in [1.82, 2.24) is 4.98 Å². The fourth-order valence-corrected chi connectivity index (χ4v) is 2.82. The maximum atomic E-state index is 10.6. The van der Waals surface area contributed by atoms with Crippen LogP contribution < -0.4 is 0 Å². The number of carboxylic acid groups (broad SMARTS) is 1. The van der Waals surface area contributed by atoms with Gasteiger partial charge in [0.15, 0.2) is 0 Å². The lowest BCUT2D eigenvalue weighted by Crippen LogP contribution is -1.98. The van der Waals surface area contributed by atoms with Gasteiger partial charge in [0.05, 0.1) is 6.42 Å². The molecule has 0 aromatic carbocycles. The van der Waals surface area contributed by atoms with E-state index in [0.717, 1.165) is 26.4 Å². The third-order valence-corrected chi connectivity index (χ3v) is 3.50. The van der Waals surface area contributed by atoms with Gasteiger partial charge < -0.3 is 10.1 Å². The third kappa shape index (κ3) is 1.42. The molecule has 2 N–H and O–H groups in total. The molecule has 0 aliphatic rings. The standard InChI is InChI=1S/C10H11NO2S/c1-5-3-7-6(2)8(4-9(12)13)14-10(7)11-5/h3,11H,4H2,1-2H3,(H,12,13). The number of aliphatic carboxylic acids is 1. The molecule has 4 heteroatoms. The van der Waals surface area contributed by atoms with Gasteiger partial charge in [-0.05, 0) is 25.5 Å². The predicted octanol–water partition coefficient (Wildman–Crippen LogP) is 2.47. The zero-order valence-corrected chi connectivity index (χ0v) is 8.86. The number of hydrogen-bond donors (Lipinski definition) is 2. The van der Waals surface area contributed by atoms with Crippen molar-refractivity contribution in [2.75, 3.05) is 0 Å². The van der Waals surface area contributed by atoms with Crippen molar-refractivity contribution >= 4 is 27.5 Å². The van der Waals surface area contributed by atoms with Gasteiger partial charge in [0.2, 0.25) is 0 Å². The normalized spacial score (nSPS) is 11.0. The number of rotatable bonds is 2. The molecule has 0 fully saturated rings. The first kappa shape index (κ1) is 9.27. The van der Waals surface area contributed by atoms with Crippen LogP contribution >= 0.6 is 11.3 Å². The van der Waals surface area contributed by atoms with E-state index in [9.17, 15) is 4.79 Å². The fourth-order valence-electron chi connectivity index (χ4n) is 1.58. The number of fused-ring (bicyclic) bond motifs is 1. The van der Waals surface area contributed by atoms with Gasteiger partial charge in [-0.25, -0.2) is 0 Å². The monoisotopic (exact) mass is 209 g/mol. The largest absolute Gasteiger partial charge is 0.481 e. The predicted molar refractivity (Wildman–Crippen MR) is 57.0 cm³/mol. The molecule has 0 radical (unpaired) electrons. The number of thiophene rings is 1. The minimum absolute atomic E-state index is 0.123. The maximum absolute atomic E-state index is 10.6. The van der Waals surface area contributed by atoms with Crippen LogP contribution in [0.15, 0.2) is 6.07 Å². The molecule has 2 rings (SSSR count). The van der Waals surface area contributed by atoms with E-state index in [1.807, 2.05) is 13.8 Å². The highest BCUT2D eigenvalue weighted by molar-refractivity contribution is 7.19. The molecule has 14 heavy (non-hydrogen) atoms. The molecule has 0 bridgehead atoms. The van der Waals surface area contributed by atoms with Crippen molar-refractivity contribution in [3.63, 3.8) is 0 Å². The van der Waals surface area contributed by atoms with Crippen LogP contribution in [0.1, 0.15) is 16.1 Å². The van der Waals surface area contributed by atoms with Crippen LogP contribution in [0.3, 0.4) is 0 Å². The highest BCUT2D eigenvalue weighted by Crippen LogP contribution is 2.31. The summed E-state index contributed by atoms with van der Waals surface area (Å²) in [5, 5.41) is 9.86. The summed E-state index contributed by atoms with van der Waals surface area (Å²) < 4.78 is 0. The van der Waals surface area contributed by atoms with Gasteiger partial charge >= 0.3 is 5.97 Å². The molecule has 2 heterocycles. The number of aromatic nitrogens is 1.